The van der Waals surface area contributed by atoms with Crippen LogP contribution in [0.5, 0.6) is 5.75 Å². The fourth-order valence-electron chi connectivity index (χ4n) is 5.51. The lowest BCUT2D eigenvalue weighted by molar-refractivity contribution is -0.164. The molecule has 0 radical (unpaired) electrons. The molecule has 0 spiro atoms. The molecule has 1 aromatic carbocycles. The first-order chi connectivity index (χ1) is 13.8. The minimum atomic E-state index is -1.52. The van der Waals surface area contributed by atoms with Gasteiger partial charge in [-0.2, -0.15) is 0 Å². The molecule has 0 fully saturated rings. The highest BCUT2D eigenvalue weighted by Gasteiger charge is 2.61. The first kappa shape index (κ1) is 19.6. The maximum absolute atomic E-state index is 13.3. The number of benzene rings is 1. The fraction of sp³-hybridized carbons (Fsp3) is 0.478. The van der Waals surface area contributed by atoms with Gasteiger partial charge < -0.3 is 18.8 Å². The standard InChI is InChI=1S/C23H27NO5/c1-22-11-7-6-8-14(22)13-23(20(25)28-4,21(26)29-5)18-16-12-15(27-3)9-10-17(16)24(2)19(18)22/h6,8-10,12,14H,7,11,13H2,1-5H3/t14-,22+/m0/s1. The quantitative estimate of drug-likeness (QED) is 0.451. The van der Waals surface area contributed by atoms with E-state index in [1.807, 2.05) is 25.2 Å². The number of carbonyl (C=O) groups excluding carboxylic acids is 2. The molecule has 2 aromatic rings. The van der Waals surface area contributed by atoms with Crippen LogP contribution in [0.15, 0.2) is 30.4 Å². The zero-order chi connectivity index (χ0) is 21.0. The van der Waals surface area contributed by atoms with Crippen molar-refractivity contribution in [3.63, 3.8) is 0 Å². The number of allylic oxidation sites excluding steroid dienone is 2. The molecule has 154 valence electrons. The number of hydrogen-bond donors (Lipinski definition) is 0. The van der Waals surface area contributed by atoms with E-state index >= 15 is 0 Å². The highest BCUT2D eigenvalue weighted by atomic mass is 16.5. The number of rotatable bonds is 3. The van der Waals surface area contributed by atoms with Crippen LogP contribution in [-0.4, -0.2) is 37.8 Å². The number of nitrogens with zero attached hydrogens (tertiary/aromatic N) is 1. The van der Waals surface area contributed by atoms with Gasteiger partial charge in [0, 0.05) is 34.6 Å². The van der Waals surface area contributed by atoms with Crippen LogP contribution in [0.3, 0.4) is 0 Å². The SMILES string of the molecule is COC(=O)C1(C(=O)OC)C[C@@H]2C=CCC[C@@]2(C)c2c1c1cc(OC)ccc1n2C. The molecule has 6 nitrogen and oxygen atoms in total. The molecular weight excluding hydrogens is 370 g/mol. The highest BCUT2D eigenvalue weighted by Crippen LogP contribution is 2.57. The molecule has 2 aliphatic rings. The summed E-state index contributed by atoms with van der Waals surface area (Å²) in [5, 5.41) is 0.826. The number of fused-ring (bicyclic) bond motifs is 5. The monoisotopic (exact) mass is 397 g/mol. The van der Waals surface area contributed by atoms with Gasteiger partial charge in [0.2, 0.25) is 0 Å². The predicted molar refractivity (Wildman–Crippen MR) is 109 cm³/mol. The Morgan fingerprint density at radius 1 is 1.14 bits per heavy atom. The molecule has 0 aliphatic heterocycles. The third-order valence-corrected chi connectivity index (χ3v) is 6.99. The molecule has 6 heteroatoms. The van der Waals surface area contributed by atoms with Crippen molar-refractivity contribution in [2.75, 3.05) is 21.3 Å². The van der Waals surface area contributed by atoms with Gasteiger partial charge >= 0.3 is 11.9 Å². The van der Waals surface area contributed by atoms with E-state index in [0.717, 1.165) is 29.4 Å². The second kappa shape index (κ2) is 6.65. The van der Waals surface area contributed by atoms with Gasteiger partial charge in [0.1, 0.15) is 5.75 Å². The van der Waals surface area contributed by atoms with E-state index < -0.39 is 17.4 Å². The number of esters is 2. The molecule has 2 atom stereocenters. The van der Waals surface area contributed by atoms with Crippen molar-refractivity contribution < 1.29 is 23.8 Å². The first-order valence-corrected chi connectivity index (χ1v) is 9.86. The summed E-state index contributed by atoms with van der Waals surface area (Å²) in [5.41, 5.74) is 0.927. The average Bonchev–Trinajstić information content (AvgIpc) is 3.05. The van der Waals surface area contributed by atoms with Crippen LogP contribution < -0.4 is 4.74 Å². The van der Waals surface area contributed by atoms with Crippen LogP contribution in [0.4, 0.5) is 0 Å². The summed E-state index contributed by atoms with van der Waals surface area (Å²) in [6.07, 6.45) is 6.51. The van der Waals surface area contributed by atoms with Crippen LogP contribution in [0.1, 0.15) is 37.4 Å². The van der Waals surface area contributed by atoms with Crippen molar-refractivity contribution in [1.82, 2.24) is 4.57 Å². The summed E-state index contributed by atoms with van der Waals surface area (Å²) in [6.45, 7) is 2.23. The van der Waals surface area contributed by atoms with E-state index in [0.29, 0.717) is 17.7 Å². The molecule has 0 saturated heterocycles. The van der Waals surface area contributed by atoms with Crippen LogP contribution in [0.2, 0.25) is 0 Å². The lowest BCUT2D eigenvalue weighted by Gasteiger charge is -2.48. The molecule has 2 aliphatic carbocycles. The van der Waals surface area contributed by atoms with Gasteiger partial charge in [-0.15, -0.1) is 0 Å². The smallest absolute Gasteiger partial charge is 0.327 e. The van der Waals surface area contributed by atoms with Crippen molar-refractivity contribution in [3.8, 4) is 5.75 Å². The molecular formula is C23H27NO5. The number of carbonyl (C=O) groups is 2. The number of methoxy groups -OCH3 is 3. The summed E-state index contributed by atoms with van der Waals surface area (Å²) in [7, 11) is 6.25. The Hall–Kier alpha value is -2.76. The number of hydrogen-bond acceptors (Lipinski definition) is 5. The first-order valence-electron chi connectivity index (χ1n) is 9.86. The third-order valence-electron chi connectivity index (χ3n) is 6.99. The minimum Gasteiger partial charge on any atom is -0.497 e. The average molecular weight is 397 g/mol. The van der Waals surface area contributed by atoms with E-state index in [2.05, 4.69) is 23.6 Å². The number of aromatic nitrogens is 1. The molecule has 29 heavy (non-hydrogen) atoms. The fourth-order valence-corrected chi connectivity index (χ4v) is 5.51. The van der Waals surface area contributed by atoms with Crippen molar-refractivity contribution >= 4 is 22.8 Å². The van der Waals surface area contributed by atoms with Crippen LogP contribution in [0, 0.1) is 5.92 Å². The lowest BCUT2D eigenvalue weighted by Crippen LogP contribution is -2.54. The van der Waals surface area contributed by atoms with Crippen molar-refractivity contribution in [2.45, 2.75) is 37.0 Å². The normalized spacial score (nSPS) is 24.5. The van der Waals surface area contributed by atoms with E-state index in [4.69, 9.17) is 14.2 Å². The Morgan fingerprint density at radius 3 is 2.45 bits per heavy atom. The van der Waals surface area contributed by atoms with Gasteiger partial charge in [0.05, 0.1) is 21.3 Å². The maximum atomic E-state index is 13.3. The Bertz CT molecular complexity index is 1020. The van der Waals surface area contributed by atoms with E-state index in [1.54, 1.807) is 7.11 Å². The topological polar surface area (TPSA) is 66.8 Å². The van der Waals surface area contributed by atoms with E-state index in [-0.39, 0.29) is 11.3 Å². The molecule has 0 unspecified atom stereocenters. The van der Waals surface area contributed by atoms with Crippen molar-refractivity contribution in [2.24, 2.45) is 13.0 Å². The van der Waals surface area contributed by atoms with E-state index in [1.165, 1.54) is 14.2 Å². The molecule has 1 heterocycles. The Kier molecular flexibility index (Phi) is 4.48. The lowest BCUT2D eigenvalue weighted by atomic mass is 9.55. The largest absolute Gasteiger partial charge is 0.497 e. The van der Waals surface area contributed by atoms with Crippen LogP contribution >= 0.6 is 0 Å². The van der Waals surface area contributed by atoms with Crippen molar-refractivity contribution in [3.05, 3.63) is 41.6 Å². The van der Waals surface area contributed by atoms with Gasteiger partial charge in [-0.1, -0.05) is 19.1 Å². The van der Waals surface area contributed by atoms with Gasteiger partial charge in [-0.25, -0.2) is 0 Å². The molecule has 0 amide bonds. The Morgan fingerprint density at radius 2 is 1.83 bits per heavy atom. The molecule has 4 rings (SSSR count). The zero-order valence-corrected chi connectivity index (χ0v) is 17.6. The number of ether oxygens (including phenoxy) is 3. The second-order valence-corrected chi connectivity index (χ2v) is 8.25. The van der Waals surface area contributed by atoms with Crippen molar-refractivity contribution in [1.29, 1.82) is 0 Å². The molecule has 1 aromatic heterocycles. The second-order valence-electron chi connectivity index (χ2n) is 8.25. The summed E-state index contributed by atoms with van der Waals surface area (Å²) in [5.74, 6) is -0.471. The maximum Gasteiger partial charge on any atom is 0.327 e. The number of aryl methyl sites for hydroxylation is 1. The Labute approximate surface area is 170 Å². The summed E-state index contributed by atoms with van der Waals surface area (Å²) >= 11 is 0. The van der Waals surface area contributed by atoms with Crippen LogP contribution in [-0.2, 0) is 36.9 Å². The van der Waals surface area contributed by atoms with Crippen LogP contribution in [0.25, 0.3) is 10.9 Å². The highest BCUT2D eigenvalue weighted by molar-refractivity contribution is 6.11. The van der Waals surface area contributed by atoms with Gasteiger partial charge in [-0.05, 0) is 43.4 Å². The Balaban J connectivity index is 2.19. The summed E-state index contributed by atoms with van der Waals surface area (Å²) < 4.78 is 18.0. The predicted octanol–water partition coefficient (Wildman–Crippen LogP) is 3.40. The minimum absolute atomic E-state index is 0.0202. The van der Waals surface area contributed by atoms with Gasteiger partial charge in [0.15, 0.2) is 5.41 Å². The molecule has 0 saturated carbocycles. The van der Waals surface area contributed by atoms with Gasteiger partial charge in [-0.3, -0.25) is 9.59 Å². The van der Waals surface area contributed by atoms with E-state index in [9.17, 15) is 9.59 Å². The summed E-state index contributed by atoms with van der Waals surface area (Å²) in [6, 6.07) is 5.77. The molecule has 0 bridgehead atoms. The molecule has 0 N–H and O–H groups in total. The third kappa shape index (κ3) is 2.41. The zero-order valence-electron chi connectivity index (χ0n) is 17.6. The van der Waals surface area contributed by atoms with Gasteiger partial charge in [0.25, 0.3) is 0 Å². The summed E-state index contributed by atoms with van der Waals surface area (Å²) in [4.78, 5) is 26.5.